The molecule has 1 atom stereocenters. The molecule has 0 spiro atoms. The minimum absolute atomic E-state index is 0.0643. The number of sulfonamides is 1. The summed E-state index contributed by atoms with van der Waals surface area (Å²) in [6, 6.07) is 12.1. The largest absolute Gasteiger partial charge is 0.338 e. The van der Waals surface area contributed by atoms with Gasteiger partial charge >= 0.3 is 0 Å². The van der Waals surface area contributed by atoms with Gasteiger partial charge in [-0.15, -0.1) is 0 Å². The average molecular weight is 439 g/mol. The van der Waals surface area contributed by atoms with E-state index >= 15 is 0 Å². The normalized spacial score (nSPS) is 15.7. The molecule has 9 nitrogen and oxygen atoms in total. The van der Waals surface area contributed by atoms with Crippen LogP contribution >= 0.6 is 0 Å². The molecule has 0 aliphatic carbocycles. The third kappa shape index (κ3) is 3.59. The third-order valence-corrected chi connectivity index (χ3v) is 6.96. The number of aromatic nitrogens is 3. The molecular weight excluding hydrogens is 418 g/mol. The number of carbonyl (C=O) groups excluding carboxylic acids is 2. The monoisotopic (exact) mass is 439 g/mol. The summed E-state index contributed by atoms with van der Waals surface area (Å²) in [6.07, 6.45) is 0. The number of aromatic amines is 1. The summed E-state index contributed by atoms with van der Waals surface area (Å²) in [5.41, 5.74) is 0.952. The second kappa shape index (κ2) is 7.62. The number of hydrogen-bond acceptors (Lipinski definition) is 6. The molecule has 2 N–H and O–H groups in total. The molecule has 2 amide bonds. The summed E-state index contributed by atoms with van der Waals surface area (Å²) in [6.45, 7) is 5.00. The van der Waals surface area contributed by atoms with Crippen molar-refractivity contribution in [1.29, 1.82) is 0 Å². The van der Waals surface area contributed by atoms with E-state index in [4.69, 9.17) is 0 Å². The molecular formula is C21H21N5O4S. The van der Waals surface area contributed by atoms with Crippen LogP contribution in [0.2, 0.25) is 0 Å². The fourth-order valence-electron chi connectivity index (χ4n) is 3.55. The number of carbonyl (C=O) groups is 2. The van der Waals surface area contributed by atoms with Gasteiger partial charge in [-0.3, -0.25) is 14.7 Å². The predicted octanol–water partition coefficient (Wildman–Crippen LogP) is 2.19. The van der Waals surface area contributed by atoms with Crippen molar-refractivity contribution in [3.63, 3.8) is 0 Å². The predicted molar refractivity (Wildman–Crippen MR) is 112 cm³/mol. The number of fused-ring (bicyclic) bond motifs is 1. The Morgan fingerprint density at radius 3 is 2.45 bits per heavy atom. The van der Waals surface area contributed by atoms with E-state index in [1.807, 2.05) is 30.3 Å². The number of benzene rings is 2. The fourth-order valence-corrected chi connectivity index (χ4v) is 5.34. The smallest absolute Gasteiger partial charge is 0.269 e. The number of nitrogens with zero attached hydrogens (tertiary/aromatic N) is 3. The Balaban J connectivity index is 1.69. The molecule has 1 aliphatic rings. The van der Waals surface area contributed by atoms with Gasteiger partial charge in [-0.1, -0.05) is 30.3 Å². The van der Waals surface area contributed by atoms with Gasteiger partial charge in [0.1, 0.15) is 16.8 Å². The first-order valence-corrected chi connectivity index (χ1v) is 11.1. The fraction of sp³-hybridized carbons (Fsp3) is 0.238. The van der Waals surface area contributed by atoms with Gasteiger partial charge in [-0.05, 0) is 44.5 Å². The van der Waals surface area contributed by atoms with Gasteiger partial charge in [-0.2, -0.15) is 5.10 Å². The van der Waals surface area contributed by atoms with Crippen LogP contribution in [0.4, 0.5) is 0 Å². The van der Waals surface area contributed by atoms with Gasteiger partial charge in [0.05, 0.1) is 5.56 Å². The molecule has 3 aromatic rings. The highest BCUT2D eigenvalue weighted by atomic mass is 32.2. The lowest BCUT2D eigenvalue weighted by molar-refractivity contribution is 0.0845. The molecule has 1 aliphatic heterocycles. The molecule has 1 aromatic heterocycles. The van der Waals surface area contributed by atoms with Crippen LogP contribution in [0, 0.1) is 6.92 Å². The Morgan fingerprint density at radius 2 is 1.84 bits per heavy atom. The molecule has 160 valence electrons. The minimum Gasteiger partial charge on any atom is -0.338 e. The van der Waals surface area contributed by atoms with E-state index in [2.05, 4.69) is 20.5 Å². The number of aryl methyl sites for hydroxylation is 1. The summed E-state index contributed by atoms with van der Waals surface area (Å²) < 4.78 is 26.5. The Hall–Kier alpha value is -3.53. The Morgan fingerprint density at radius 1 is 1.13 bits per heavy atom. The van der Waals surface area contributed by atoms with Crippen LogP contribution in [0.15, 0.2) is 53.4 Å². The van der Waals surface area contributed by atoms with Crippen LogP contribution in [0.5, 0.6) is 0 Å². The van der Waals surface area contributed by atoms with Crippen molar-refractivity contribution in [3.8, 4) is 0 Å². The highest BCUT2D eigenvalue weighted by Crippen LogP contribution is 2.32. The lowest BCUT2D eigenvalue weighted by Gasteiger charge is -2.19. The van der Waals surface area contributed by atoms with Gasteiger partial charge < -0.3 is 5.32 Å². The van der Waals surface area contributed by atoms with Gasteiger partial charge in [0.2, 0.25) is 0 Å². The molecule has 0 radical (unpaired) electrons. The van der Waals surface area contributed by atoms with Crippen LogP contribution in [-0.2, 0) is 10.0 Å². The van der Waals surface area contributed by atoms with E-state index in [-0.39, 0.29) is 16.0 Å². The quantitative estimate of drug-likeness (QED) is 0.628. The van der Waals surface area contributed by atoms with Crippen molar-refractivity contribution in [2.75, 3.05) is 0 Å². The number of amides is 2. The third-order valence-electron chi connectivity index (χ3n) is 4.96. The van der Waals surface area contributed by atoms with Gasteiger partial charge in [0, 0.05) is 11.6 Å². The molecule has 4 rings (SSSR count). The summed E-state index contributed by atoms with van der Waals surface area (Å²) >= 11 is 0. The molecule has 0 saturated carbocycles. The van der Waals surface area contributed by atoms with Crippen molar-refractivity contribution in [2.45, 2.75) is 37.8 Å². The molecule has 10 heteroatoms. The van der Waals surface area contributed by atoms with Crippen molar-refractivity contribution < 1.29 is 18.0 Å². The highest BCUT2D eigenvalue weighted by Gasteiger charge is 2.43. The standard InChI is InChI=1S/C21H21N5O4S/c1-12(2)26-21(28)16-10-9-15(11-17(16)31(26,29)30)20(27)23-18(14-7-5-4-6-8-14)19-22-13(3)24-25-19/h4-12,18H,1-3H3,(H,23,27)(H,22,24,25). The first-order chi connectivity index (χ1) is 14.7. The average Bonchev–Trinajstić information content (AvgIpc) is 3.25. The maximum Gasteiger partial charge on any atom is 0.269 e. The number of H-pyrrole nitrogens is 1. The zero-order valence-corrected chi connectivity index (χ0v) is 18.0. The lowest BCUT2D eigenvalue weighted by atomic mass is 10.0. The van der Waals surface area contributed by atoms with Crippen LogP contribution in [0.1, 0.15) is 57.8 Å². The van der Waals surface area contributed by atoms with Crippen molar-refractivity contribution in [3.05, 3.63) is 76.9 Å². The van der Waals surface area contributed by atoms with E-state index in [0.717, 1.165) is 9.87 Å². The van der Waals surface area contributed by atoms with E-state index in [9.17, 15) is 18.0 Å². The van der Waals surface area contributed by atoms with Crippen molar-refractivity contribution >= 4 is 21.8 Å². The SMILES string of the molecule is Cc1nc(C(NC(=O)c2ccc3c(c2)S(=O)(=O)N(C(C)C)C3=O)c2ccccc2)n[nH]1. The summed E-state index contributed by atoms with van der Waals surface area (Å²) in [5, 5.41) is 9.79. The van der Waals surface area contributed by atoms with Crippen molar-refractivity contribution in [2.24, 2.45) is 0 Å². The second-order valence-electron chi connectivity index (χ2n) is 7.51. The van der Waals surface area contributed by atoms with Crippen LogP contribution in [-0.4, -0.2) is 45.8 Å². The summed E-state index contributed by atoms with van der Waals surface area (Å²) in [4.78, 5) is 29.7. The number of nitrogens with one attached hydrogen (secondary N) is 2. The van der Waals surface area contributed by atoms with E-state index in [1.54, 1.807) is 20.8 Å². The van der Waals surface area contributed by atoms with Gasteiger partial charge in [-0.25, -0.2) is 17.7 Å². The number of rotatable bonds is 5. The summed E-state index contributed by atoms with van der Waals surface area (Å²) in [5.74, 6) is -0.117. The lowest BCUT2D eigenvalue weighted by Crippen LogP contribution is -2.36. The van der Waals surface area contributed by atoms with Crippen molar-refractivity contribution in [1.82, 2.24) is 24.8 Å². The van der Waals surface area contributed by atoms with Gasteiger partial charge in [0.25, 0.3) is 21.8 Å². The topological polar surface area (TPSA) is 125 Å². The molecule has 1 unspecified atom stereocenters. The highest BCUT2D eigenvalue weighted by molar-refractivity contribution is 7.90. The zero-order chi connectivity index (χ0) is 22.3. The first-order valence-electron chi connectivity index (χ1n) is 9.67. The van der Waals surface area contributed by atoms with Crippen LogP contribution in [0.25, 0.3) is 0 Å². The molecule has 0 fully saturated rings. The van der Waals surface area contributed by atoms with E-state index in [1.165, 1.54) is 18.2 Å². The maximum atomic E-state index is 13.0. The zero-order valence-electron chi connectivity index (χ0n) is 17.2. The second-order valence-corrected chi connectivity index (χ2v) is 9.29. The summed E-state index contributed by atoms with van der Waals surface area (Å²) in [7, 11) is -4.01. The molecule has 2 heterocycles. The molecule has 2 aromatic carbocycles. The Bertz CT molecular complexity index is 1270. The van der Waals surface area contributed by atoms with E-state index < -0.39 is 33.9 Å². The minimum atomic E-state index is -4.01. The van der Waals surface area contributed by atoms with E-state index in [0.29, 0.717) is 11.6 Å². The number of hydrogen-bond donors (Lipinski definition) is 2. The molecule has 31 heavy (non-hydrogen) atoms. The van der Waals surface area contributed by atoms with Gasteiger partial charge in [0.15, 0.2) is 5.82 Å². The maximum absolute atomic E-state index is 13.0. The molecule has 0 bridgehead atoms. The Labute approximate surface area is 179 Å². The van der Waals surface area contributed by atoms with Crippen LogP contribution < -0.4 is 5.32 Å². The first kappa shape index (κ1) is 20.7. The van der Waals surface area contributed by atoms with Crippen LogP contribution in [0.3, 0.4) is 0 Å². The Kier molecular flexibility index (Phi) is 5.10. The molecule has 0 saturated heterocycles.